The van der Waals surface area contributed by atoms with Crippen LogP contribution in [-0.2, 0) is 0 Å². The second-order valence-electron chi connectivity index (χ2n) is 7.34. The molecule has 164 valence electrons. The fourth-order valence-corrected chi connectivity index (χ4v) is 5.03. The predicted molar refractivity (Wildman–Crippen MR) is 136 cm³/mol. The molecule has 5 rings (SSSR count). The molecule has 0 spiro atoms. The van der Waals surface area contributed by atoms with E-state index in [1.165, 1.54) is 17.7 Å². The van der Waals surface area contributed by atoms with E-state index in [0.29, 0.717) is 48.8 Å². The van der Waals surface area contributed by atoms with E-state index in [2.05, 4.69) is 25.6 Å². The van der Waals surface area contributed by atoms with E-state index >= 15 is 0 Å². The van der Waals surface area contributed by atoms with Crippen molar-refractivity contribution >= 4 is 84.4 Å². The number of benzene rings is 2. The Kier molecular flexibility index (Phi) is 5.49. The van der Waals surface area contributed by atoms with Crippen LogP contribution in [0, 0.1) is 6.92 Å². The molecule has 0 fully saturated rings. The smallest absolute Gasteiger partial charge is 0.258 e. The predicted octanol–water partition coefficient (Wildman–Crippen LogP) is 6.43. The first-order valence-corrected chi connectivity index (χ1v) is 11.4. The third-order valence-corrected chi connectivity index (χ3v) is 6.57. The van der Waals surface area contributed by atoms with Crippen molar-refractivity contribution in [1.29, 1.82) is 0 Å². The molecule has 5 aromatic rings. The molecular weight excluding hydrogens is 479 g/mol. The number of carbonyl (C=O) groups excluding carboxylic acids is 1. The van der Waals surface area contributed by atoms with Gasteiger partial charge in [0.1, 0.15) is 18.0 Å². The Morgan fingerprint density at radius 3 is 2.61 bits per heavy atom. The number of nitrogens with two attached hydrogens (primary N) is 1. The second kappa shape index (κ2) is 8.47. The van der Waals surface area contributed by atoms with Gasteiger partial charge in [0.25, 0.3) is 5.91 Å². The van der Waals surface area contributed by atoms with Crippen molar-refractivity contribution < 1.29 is 4.79 Å². The van der Waals surface area contributed by atoms with E-state index < -0.39 is 0 Å². The monoisotopic (exact) mass is 494 g/mol. The number of hydrogen-bond donors (Lipinski definition) is 3. The molecule has 0 aliphatic carbocycles. The zero-order chi connectivity index (χ0) is 23.1. The van der Waals surface area contributed by atoms with E-state index in [-0.39, 0.29) is 5.91 Å². The largest absolute Gasteiger partial charge is 0.382 e. The van der Waals surface area contributed by atoms with Crippen molar-refractivity contribution in [2.75, 3.05) is 16.4 Å². The summed E-state index contributed by atoms with van der Waals surface area (Å²) in [6.45, 7) is 1.94. The van der Waals surface area contributed by atoms with Gasteiger partial charge in [0.15, 0.2) is 0 Å². The van der Waals surface area contributed by atoms with Gasteiger partial charge in [-0.1, -0.05) is 35.3 Å². The summed E-state index contributed by atoms with van der Waals surface area (Å²) in [6, 6.07) is 10.9. The fraction of sp³-hybridized carbons (Fsp3) is 0.0435. The molecule has 4 N–H and O–H groups in total. The number of anilines is 4. The van der Waals surface area contributed by atoms with Crippen molar-refractivity contribution in [2.45, 2.75) is 6.92 Å². The normalized spacial score (nSPS) is 11.1. The molecule has 3 aromatic heterocycles. The fourth-order valence-electron chi connectivity index (χ4n) is 3.60. The first-order valence-electron chi connectivity index (χ1n) is 9.81. The van der Waals surface area contributed by atoms with Gasteiger partial charge in [-0.15, -0.1) is 11.3 Å². The average molecular weight is 495 g/mol. The molecular formula is C23H16Cl2N6OS. The van der Waals surface area contributed by atoms with E-state index in [4.69, 9.17) is 28.9 Å². The van der Waals surface area contributed by atoms with Gasteiger partial charge in [-0.05, 0) is 36.8 Å². The van der Waals surface area contributed by atoms with Crippen LogP contribution in [0.3, 0.4) is 0 Å². The molecule has 0 saturated carbocycles. The number of pyridine rings is 1. The van der Waals surface area contributed by atoms with E-state index in [9.17, 15) is 4.79 Å². The number of aromatic nitrogens is 3. The lowest BCUT2D eigenvalue weighted by Crippen LogP contribution is -2.13. The van der Waals surface area contributed by atoms with Gasteiger partial charge >= 0.3 is 0 Å². The summed E-state index contributed by atoms with van der Waals surface area (Å²) in [4.78, 5) is 25.9. The van der Waals surface area contributed by atoms with E-state index in [1.54, 1.807) is 29.8 Å². The summed E-state index contributed by atoms with van der Waals surface area (Å²) in [5, 5.41) is 10.7. The highest BCUT2D eigenvalue weighted by Gasteiger charge is 2.18. The van der Waals surface area contributed by atoms with Crippen LogP contribution in [-0.4, -0.2) is 20.9 Å². The highest BCUT2D eigenvalue weighted by atomic mass is 35.5. The van der Waals surface area contributed by atoms with Crippen molar-refractivity contribution in [3.05, 3.63) is 75.5 Å². The SMILES string of the molecule is Cc1ccc2c(Nc3cc(Cl)cc(Cl)c3)nccc2c1NC(=O)c1csc2c(N)ncnc12. The number of aryl methyl sites for hydroxylation is 1. The molecule has 3 heterocycles. The van der Waals surface area contributed by atoms with Gasteiger partial charge in [-0.3, -0.25) is 4.79 Å². The minimum Gasteiger partial charge on any atom is -0.382 e. The zero-order valence-corrected chi connectivity index (χ0v) is 19.5. The summed E-state index contributed by atoms with van der Waals surface area (Å²) >= 11 is 13.6. The summed E-state index contributed by atoms with van der Waals surface area (Å²) in [5.41, 5.74) is 9.20. The van der Waals surface area contributed by atoms with Crippen LogP contribution in [0.5, 0.6) is 0 Å². The van der Waals surface area contributed by atoms with Gasteiger partial charge in [-0.2, -0.15) is 0 Å². The van der Waals surface area contributed by atoms with Crippen molar-refractivity contribution in [3.63, 3.8) is 0 Å². The Balaban J connectivity index is 1.54. The van der Waals surface area contributed by atoms with Crippen LogP contribution >= 0.6 is 34.5 Å². The number of halogens is 2. The Labute approximate surface area is 202 Å². The van der Waals surface area contributed by atoms with Gasteiger partial charge in [0.05, 0.1) is 21.5 Å². The number of fused-ring (bicyclic) bond motifs is 2. The summed E-state index contributed by atoms with van der Waals surface area (Å²) in [5.74, 6) is 0.694. The molecule has 0 aliphatic heterocycles. The van der Waals surface area contributed by atoms with Crippen LogP contribution in [0.2, 0.25) is 10.0 Å². The Hall–Kier alpha value is -3.46. The molecule has 0 atom stereocenters. The quantitative estimate of drug-likeness (QED) is 0.265. The summed E-state index contributed by atoms with van der Waals surface area (Å²) in [7, 11) is 0. The standard InChI is InChI=1S/C23H16Cl2N6OS/c1-11-2-3-16-15(4-5-27-22(16)30-14-7-12(24)6-13(25)8-14)18(11)31-23(32)17-9-33-20-19(17)28-10-29-21(20)26/h2-10H,1H3,(H,27,30)(H,31,32)(H2,26,28,29). The maximum absolute atomic E-state index is 13.2. The van der Waals surface area contributed by atoms with Crippen LogP contribution in [0.15, 0.2) is 54.3 Å². The van der Waals surface area contributed by atoms with Gasteiger partial charge in [0, 0.05) is 38.1 Å². The number of hydrogen-bond acceptors (Lipinski definition) is 7. The topological polar surface area (TPSA) is 106 Å². The van der Waals surface area contributed by atoms with Crippen molar-refractivity contribution in [2.24, 2.45) is 0 Å². The third-order valence-electron chi connectivity index (χ3n) is 5.14. The van der Waals surface area contributed by atoms with Crippen LogP contribution in [0.1, 0.15) is 15.9 Å². The molecule has 7 nitrogen and oxygen atoms in total. The molecule has 1 amide bonds. The summed E-state index contributed by atoms with van der Waals surface area (Å²) in [6.07, 6.45) is 3.04. The Morgan fingerprint density at radius 1 is 1.03 bits per heavy atom. The minimum absolute atomic E-state index is 0.275. The second-order valence-corrected chi connectivity index (χ2v) is 9.09. The molecule has 0 unspecified atom stereocenters. The number of thiophene rings is 1. The molecule has 0 radical (unpaired) electrons. The lowest BCUT2D eigenvalue weighted by atomic mass is 10.0. The molecule has 33 heavy (non-hydrogen) atoms. The first-order chi connectivity index (χ1) is 15.9. The van der Waals surface area contributed by atoms with Crippen molar-refractivity contribution in [1.82, 2.24) is 15.0 Å². The molecule has 10 heteroatoms. The third kappa shape index (κ3) is 4.04. The minimum atomic E-state index is -0.275. The summed E-state index contributed by atoms with van der Waals surface area (Å²) < 4.78 is 0.688. The van der Waals surface area contributed by atoms with E-state index in [0.717, 1.165) is 16.3 Å². The van der Waals surface area contributed by atoms with Gasteiger partial charge in [0.2, 0.25) is 0 Å². The lowest BCUT2D eigenvalue weighted by molar-refractivity contribution is 0.102. The molecule has 0 saturated heterocycles. The van der Waals surface area contributed by atoms with Crippen LogP contribution in [0.25, 0.3) is 21.0 Å². The number of carbonyl (C=O) groups is 1. The number of amides is 1. The van der Waals surface area contributed by atoms with Crippen LogP contribution in [0.4, 0.5) is 23.0 Å². The maximum atomic E-state index is 13.2. The Bertz CT molecular complexity index is 1530. The molecule has 0 aliphatic rings. The number of rotatable bonds is 4. The van der Waals surface area contributed by atoms with Crippen molar-refractivity contribution in [3.8, 4) is 0 Å². The maximum Gasteiger partial charge on any atom is 0.258 e. The zero-order valence-electron chi connectivity index (χ0n) is 17.2. The number of nitrogen functional groups attached to an aromatic ring is 1. The highest BCUT2D eigenvalue weighted by molar-refractivity contribution is 7.18. The molecule has 0 bridgehead atoms. The number of nitrogens with one attached hydrogen (secondary N) is 2. The first kappa shape index (κ1) is 21.4. The lowest BCUT2D eigenvalue weighted by Gasteiger charge is -2.15. The average Bonchev–Trinajstić information content (AvgIpc) is 3.21. The van der Waals surface area contributed by atoms with E-state index in [1.807, 2.05) is 25.1 Å². The Morgan fingerprint density at radius 2 is 1.82 bits per heavy atom. The van der Waals surface area contributed by atoms with Gasteiger partial charge < -0.3 is 16.4 Å². The molecule has 2 aromatic carbocycles. The highest BCUT2D eigenvalue weighted by Crippen LogP contribution is 2.34. The van der Waals surface area contributed by atoms with Crippen LogP contribution < -0.4 is 16.4 Å². The van der Waals surface area contributed by atoms with Gasteiger partial charge in [-0.25, -0.2) is 15.0 Å². The number of nitrogens with zero attached hydrogens (tertiary/aromatic N) is 3.